The number of amides is 1. The molecule has 0 radical (unpaired) electrons. The topological polar surface area (TPSA) is 117 Å². The van der Waals surface area contributed by atoms with Crippen molar-refractivity contribution < 1.29 is 19.0 Å². The number of aliphatic hydroxyl groups is 1. The van der Waals surface area contributed by atoms with Crippen LogP contribution in [0.5, 0.6) is 5.75 Å². The van der Waals surface area contributed by atoms with E-state index in [2.05, 4.69) is 37.5 Å². The number of hydrogen-bond donors (Lipinski definition) is 3. The number of hydrogen-bond acceptors (Lipinski definition) is 8. The van der Waals surface area contributed by atoms with Gasteiger partial charge in [-0.05, 0) is 43.3 Å². The Hall–Kier alpha value is -4.09. The van der Waals surface area contributed by atoms with Gasteiger partial charge in [0.2, 0.25) is 5.91 Å². The number of ether oxygens (including phenoxy) is 1. The maximum atomic E-state index is 13.3. The van der Waals surface area contributed by atoms with Crippen LogP contribution >= 0.6 is 0 Å². The zero-order valence-corrected chi connectivity index (χ0v) is 20.6. The minimum absolute atomic E-state index is 0.0283. The zero-order chi connectivity index (χ0) is 26.0. The third-order valence-electron chi connectivity index (χ3n) is 5.66. The van der Waals surface area contributed by atoms with Gasteiger partial charge in [0.05, 0.1) is 18.7 Å². The van der Waals surface area contributed by atoms with Crippen LogP contribution in [0.25, 0.3) is 10.9 Å². The molecule has 1 amide bonds. The predicted octanol–water partition coefficient (Wildman–Crippen LogP) is 3.43. The van der Waals surface area contributed by atoms with Crippen molar-refractivity contribution in [2.45, 2.75) is 19.9 Å². The highest BCUT2D eigenvalue weighted by Crippen LogP contribution is 2.26. The van der Waals surface area contributed by atoms with Crippen molar-refractivity contribution in [3.05, 3.63) is 66.9 Å². The molecule has 0 spiro atoms. The van der Waals surface area contributed by atoms with Crippen molar-refractivity contribution in [1.82, 2.24) is 24.6 Å². The number of nitrogens with zero attached hydrogens (tertiary/aromatic N) is 5. The van der Waals surface area contributed by atoms with E-state index in [0.717, 1.165) is 36.2 Å². The quantitative estimate of drug-likeness (QED) is 0.236. The van der Waals surface area contributed by atoms with Crippen LogP contribution in [0.2, 0.25) is 0 Å². The highest BCUT2D eigenvalue weighted by Gasteiger charge is 2.10. The lowest BCUT2D eigenvalue weighted by Gasteiger charge is -2.18. The number of fused-ring (bicyclic) bond motifs is 1. The molecule has 0 saturated heterocycles. The molecule has 0 bridgehead atoms. The summed E-state index contributed by atoms with van der Waals surface area (Å²) in [5.41, 5.74) is 1.11. The Kier molecular flexibility index (Phi) is 8.95. The number of aromatic nitrogens is 4. The molecule has 2 aromatic carbocycles. The summed E-state index contributed by atoms with van der Waals surface area (Å²) in [6.07, 6.45) is 3.99. The number of anilines is 3. The summed E-state index contributed by atoms with van der Waals surface area (Å²) in [4.78, 5) is 23.1. The Morgan fingerprint density at radius 2 is 2.05 bits per heavy atom. The first-order valence-electron chi connectivity index (χ1n) is 12.1. The molecule has 2 aromatic heterocycles. The fourth-order valence-corrected chi connectivity index (χ4v) is 3.83. The van der Waals surface area contributed by atoms with Crippen LogP contribution in [0, 0.1) is 5.82 Å². The van der Waals surface area contributed by atoms with Gasteiger partial charge in [0.25, 0.3) is 0 Å². The van der Waals surface area contributed by atoms with Gasteiger partial charge in [0.1, 0.15) is 30.3 Å². The van der Waals surface area contributed by atoms with Crippen LogP contribution in [-0.2, 0) is 11.3 Å². The van der Waals surface area contributed by atoms with Crippen LogP contribution in [0.3, 0.4) is 0 Å². The Morgan fingerprint density at radius 3 is 2.86 bits per heavy atom. The number of likely N-dealkylation sites (N-methyl/N-ethyl adjacent to an activating group) is 1. The Balaban J connectivity index is 1.34. The fourth-order valence-electron chi connectivity index (χ4n) is 3.83. The van der Waals surface area contributed by atoms with Crippen molar-refractivity contribution >= 4 is 34.1 Å². The predicted molar refractivity (Wildman–Crippen MR) is 139 cm³/mol. The Labute approximate surface area is 214 Å². The van der Waals surface area contributed by atoms with Crippen LogP contribution < -0.4 is 15.4 Å². The molecule has 0 saturated carbocycles. The number of rotatable bonds is 13. The monoisotopic (exact) mass is 507 g/mol. The molecule has 0 fully saturated rings. The highest BCUT2D eigenvalue weighted by molar-refractivity contribution is 5.91. The first-order valence-corrected chi connectivity index (χ1v) is 12.1. The summed E-state index contributed by atoms with van der Waals surface area (Å²) < 4.78 is 20.7. The van der Waals surface area contributed by atoms with Crippen LogP contribution in [0.15, 0.2) is 61.1 Å². The molecule has 3 N–H and O–H groups in total. The van der Waals surface area contributed by atoms with E-state index in [-0.39, 0.29) is 19.1 Å². The van der Waals surface area contributed by atoms with Crippen molar-refractivity contribution in [2.24, 2.45) is 0 Å². The van der Waals surface area contributed by atoms with Crippen LogP contribution in [0.4, 0.5) is 21.7 Å². The van der Waals surface area contributed by atoms with Crippen molar-refractivity contribution in [1.29, 1.82) is 0 Å². The van der Waals surface area contributed by atoms with Gasteiger partial charge in [-0.2, -0.15) is 5.10 Å². The molecule has 194 valence electrons. The number of halogens is 1. The molecular weight excluding hydrogens is 477 g/mol. The fraction of sp³-hybridized carbons (Fsp3) is 0.308. The lowest BCUT2D eigenvalue weighted by Crippen LogP contribution is -2.28. The van der Waals surface area contributed by atoms with Gasteiger partial charge in [-0.15, -0.1) is 0 Å². The van der Waals surface area contributed by atoms with Crippen molar-refractivity contribution in [3.8, 4) is 5.75 Å². The summed E-state index contributed by atoms with van der Waals surface area (Å²) >= 11 is 0. The van der Waals surface area contributed by atoms with E-state index in [1.807, 2.05) is 18.2 Å². The number of aliphatic hydroxyl groups excluding tert-OH is 1. The largest absolute Gasteiger partial charge is 0.493 e. The van der Waals surface area contributed by atoms with Gasteiger partial charge in [-0.3, -0.25) is 9.48 Å². The molecule has 0 atom stereocenters. The van der Waals surface area contributed by atoms with Gasteiger partial charge >= 0.3 is 0 Å². The smallest absolute Gasteiger partial charge is 0.246 e. The number of nitrogens with one attached hydrogen (secondary N) is 2. The summed E-state index contributed by atoms with van der Waals surface area (Å²) in [7, 11) is 0. The van der Waals surface area contributed by atoms with Crippen LogP contribution in [0.1, 0.15) is 13.3 Å². The molecule has 0 aliphatic rings. The molecule has 10 nitrogen and oxygen atoms in total. The minimum Gasteiger partial charge on any atom is -0.493 e. The molecule has 0 aliphatic carbocycles. The summed E-state index contributed by atoms with van der Waals surface area (Å²) in [6, 6.07) is 13.1. The van der Waals surface area contributed by atoms with E-state index in [0.29, 0.717) is 30.5 Å². The van der Waals surface area contributed by atoms with E-state index >= 15 is 0 Å². The maximum absolute atomic E-state index is 13.3. The average molecular weight is 508 g/mol. The second-order valence-electron chi connectivity index (χ2n) is 8.34. The molecule has 37 heavy (non-hydrogen) atoms. The lowest BCUT2D eigenvalue weighted by atomic mass is 10.2. The first-order chi connectivity index (χ1) is 18.0. The number of carbonyl (C=O) groups is 1. The second kappa shape index (κ2) is 12.7. The average Bonchev–Trinajstić information content (AvgIpc) is 3.32. The van der Waals surface area contributed by atoms with Gasteiger partial charge in [0.15, 0.2) is 5.82 Å². The van der Waals surface area contributed by atoms with E-state index in [9.17, 15) is 9.18 Å². The molecule has 0 unspecified atom stereocenters. The highest BCUT2D eigenvalue weighted by atomic mass is 19.1. The third kappa shape index (κ3) is 7.45. The first kappa shape index (κ1) is 26.0. The van der Waals surface area contributed by atoms with Crippen molar-refractivity contribution in [2.75, 3.05) is 43.5 Å². The third-order valence-corrected chi connectivity index (χ3v) is 5.66. The molecule has 4 aromatic rings. The van der Waals surface area contributed by atoms with Gasteiger partial charge < -0.3 is 25.4 Å². The zero-order valence-electron chi connectivity index (χ0n) is 20.6. The molecule has 4 rings (SSSR count). The summed E-state index contributed by atoms with van der Waals surface area (Å²) in [5.74, 6) is 1.07. The van der Waals surface area contributed by atoms with Gasteiger partial charge in [-0.1, -0.05) is 13.0 Å². The SMILES string of the molecule is CCN(CCO)CCCOc1ccc2c(Nc3ccn(CC(=O)Nc4cccc(F)c4)n3)ncnc2c1. The Bertz CT molecular complexity index is 1330. The Morgan fingerprint density at radius 1 is 1.16 bits per heavy atom. The summed E-state index contributed by atoms with van der Waals surface area (Å²) in [6.45, 7) is 5.18. The van der Waals surface area contributed by atoms with Crippen LogP contribution in [-0.4, -0.2) is 68.5 Å². The minimum atomic E-state index is -0.420. The van der Waals surface area contributed by atoms with E-state index in [4.69, 9.17) is 9.84 Å². The second-order valence-corrected chi connectivity index (χ2v) is 8.34. The lowest BCUT2D eigenvalue weighted by molar-refractivity contribution is -0.116. The van der Waals surface area contributed by atoms with E-state index in [1.165, 1.54) is 29.2 Å². The molecule has 0 aliphatic heterocycles. The number of carbonyl (C=O) groups excluding carboxylic acids is 1. The normalized spacial score (nSPS) is 11.1. The summed E-state index contributed by atoms with van der Waals surface area (Å²) in [5, 5.41) is 20.1. The van der Waals surface area contributed by atoms with Gasteiger partial charge in [-0.25, -0.2) is 14.4 Å². The molecule has 2 heterocycles. The van der Waals surface area contributed by atoms with Gasteiger partial charge in [0, 0.05) is 42.5 Å². The molecular formula is C26H30FN7O3. The van der Waals surface area contributed by atoms with E-state index < -0.39 is 5.82 Å². The van der Waals surface area contributed by atoms with Crippen molar-refractivity contribution in [3.63, 3.8) is 0 Å². The maximum Gasteiger partial charge on any atom is 0.246 e. The number of benzene rings is 2. The standard InChI is InChI=1S/C26H30FN7O3/c1-2-33(12-13-35)10-4-14-37-21-7-8-22-23(16-21)28-18-29-26(22)31-24-9-11-34(32-24)17-25(36)30-20-6-3-5-19(27)15-20/h3,5-9,11,15-16,18,35H,2,4,10,12-14,17H2,1H3,(H,30,36)(H,28,29,31,32). The van der Waals surface area contributed by atoms with E-state index in [1.54, 1.807) is 18.3 Å². The molecule has 11 heteroatoms.